The number of aromatic nitrogens is 2. The highest BCUT2D eigenvalue weighted by molar-refractivity contribution is 7.92. The fraction of sp³-hybridized carbons (Fsp3) is 0.182. The van der Waals surface area contributed by atoms with Crippen LogP contribution in [0.4, 0.5) is 24.5 Å². The molecule has 114 valence electrons. The van der Waals surface area contributed by atoms with Crippen LogP contribution in [0.15, 0.2) is 35.5 Å². The number of aryl methyl sites for hydroxylation is 1. The Bertz CT molecular complexity index is 768. The molecule has 0 radical (unpaired) electrons. The second-order valence-electron chi connectivity index (χ2n) is 4.20. The quantitative estimate of drug-likeness (QED) is 0.844. The Labute approximate surface area is 118 Å². The Hall–Kier alpha value is -2.23. The highest BCUT2D eigenvalue weighted by Gasteiger charge is 2.33. The summed E-state index contributed by atoms with van der Waals surface area (Å²) in [4.78, 5) is 0. The van der Waals surface area contributed by atoms with Crippen LogP contribution in [0.2, 0.25) is 0 Å². The van der Waals surface area contributed by atoms with Gasteiger partial charge in [-0.1, -0.05) is 0 Å². The molecule has 0 unspecified atom stereocenters. The largest absolute Gasteiger partial charge is 0.418 e. The van der Waals surface area contributed by atoms with Gasteiger partial charge in [-0.2, -0.15) is 26.7 Å². The molecule has 2 aromatic rings. The van der Waals surface area contributed by atoms with Crippen molar-refractivity contribution in [1.29, 1.82) is 0 Å². The van der Waals surface area contributed by atoms with Gasteiger partial charge in [0.15, 0.2) is 5.03 Å². The molecular formula is C11H11F3N4O2S. The molecule has 6 nitrogen and oxygen atoms in total. The minimum atomic E-state index is -4.67. The molecule has 0 aliphatic rings. The van der Waals surface area contributed by atoms with Gasteiger partial charge in [-0.05, 0) is 24.3 Å². The van der Waals surface area contributed by atoms with E-state index in [4.69, 9.17) is 5.73 Å². The van der Waals surface area contributed by atoms with Gasteiger partial charge in [-0.15, -0.1) is 0 Å². The van der Waals surface area contributed by atoms with E-state index < -0.39 is 27.5 Å². The molecule has 21 heavy (non-hydrogen) atoms. The van der Waals surface area contributed by atoms with E-state index in [9.17, 15) is 21.6 Å². The number of hydrogen-bond donors (Lipinski definition) is 2. The lowest BCUT2D eigenvalue weighted by Crippen LogP contribution is -2.17. The van der Waals surface area contributed by atoms with Crippen molar-refractivity contribution in [3.8, 4) is 0 Å². The maximum absolute atomic E-state index is 12.7. The van der Waals surface area contributed by atoms with Crippen LogP contribution in [0.3, 0.4) is 0 Å². The summed E-state index contributed by atoms with van der Waals surface area (Å²) in [5.74, 6) is 0. The summed E-state index contributed by atoms with van der Waals surface area (Å²) in [6, 6.07) is 4.01. The van der Waals surface area contributed by atoms with Gasteiger partial charge in [0, 0.05) is 18.4 Å². The summed E-state index contributed by atoms with van der Waals surface area (Å²) in [6.07, 6.45) is -3.41. The number of benzene rings is 1. The molecule has 0 spiro atoms. The van der Waals surface area contributed by atoms with Crippen LogP contribution in [0, 0.1) is 0 Å². The number of halogens is 3. The zero-order valence-corrected chi connectivity index (χ0v) is 11.5. The Kier molecular flexibility index (Phi) is 3.58. The minimum absolute atomic E-state index is 0.173. The minimum Gasteiger partial charge on any atom is -0.398 e. The van der Waals surface area contributed by atoms with Crippen LogP contribution < -0.4 is 10.5 Å². The second kappa shape index (κ2) is 4.95. The monoisotopic (exact) mass is 320 g/mol. The van der Waals surface area contributed by atoms with Crippen LogP contribution in [0.25, 0.3) is 0 Å². The standard InChI is InChI=1S/C11H11F3N4O2S/c1-18-10(4-5-16-18)21(19,20)17-7-2-3-9(15)8(6-7)11(12,13)14/h2-6,17H,15H2,1H3. The topological polar surface area (TPSA) is 90.0 Å². The van der Waals surface area contributed by atoms with E-state index in [2.05, 4.69) is 9.82 Å². The van der Waals surface area contributed by atoms with Crippen LogP contribution in [-0.2, 0) is 23.2 Å². The number of nitrogens with one attached hydrogen (secondary N) is 1. The van der Waals surface area contributed by atoms with Crippen molar-refractivity contribution in [2.24, 2.45) is 7.05 Å². The summed E-state index contributed by atoms with van der Waals surface area (Å²) in [5, 5.41) is 3.52. The first-order valence-corrected chi connectivity index (χ1v) is 7.07. The Balaban J connectivity index is 2.39. The van der Waals surface area contributed by atoms with E-state index in [0.717, 1.165) is 16.8 Å². The summed E-state index contributed by atoms with van der Waals surface area (Å²) < 4.78 is 65.4. The average molecular weight is 320 g/mol. The molecule has 0 bridgehead atoms. The summed E-state index contributed by atoms with van der Waals surface area (Å²) in [6.45, 7) is 0. The Morgan fingerprint density at radius 1 is 1.29 bits per heavy atom. The van der Waals surface area contributed by atoms with Gasteiger partial charge >= 0.3 is 6.18 Å². The summed E-state index contributed by atoms with van der Waals surface area (Å²) >= 11 is 0. The molecular weight excluding hydrogens is 309 g/mol. The molecule has 2 rings (SSSR count). The van der Waals surface area contributed by atoms with Gasteiger partial charge in [0.1, 0.15) is 0 Å². The number of rotatable bonds is 3. The fourth-order valence-electron chi connectivity index (χ4n) is 1.70. The van der Waals surface area contributed by atoms with Crippen molar-refractivity contribution in [2.45, 2.75) is 11.2 Å². The van der Waals surface area contributed by atoms with Crippen LogP contribution in [0.5, 0.6) is 0 Å². The molecule has 1 aromatic carbocycles. The van der Waals surface area contributed by atoms with E-state index in [1.165, 1.54) is 19.3 Å². The zero-order chi connectivity index (χ0) is 15.8. The third kappa shape index (κ3) is 3.10. The Morgan fingerprint density at radius 2 is 1.95 bits per heavy atom. The fourth-order valence-corrected chi connectivity index (χ4v) is 2.87. The predicted octanol–water partition coefficient (Wildman–Crippen LogP) is 1.82. The zero-order valence-electron chi connectivity index (χ0n) is 10.7. The number of hydrogen-bond acceptors (Lipinski definition) is 4. The average Bonchev–Trinajstić information content (AvgIpc) is 2.77. The van der Waals surface area contributed by atoms with Crippen LogP contribution in [0.1, 0.15) is 5.56 Å². The van der Waals surface area contributed by atoms with E-state index in [1.54, 1.807) is 0 Å². The molecule has 0 saturated heterocycles. The van der Waals surface area contributed by atoms with Gasteiger partial charge in [0.2, 0.25) is 0 Å². The van der Waals surface area contributed by atoms with Gasteiger partial charge in [-0.3, -0.25) is 9.40 Å². The lowest BCUT2D eigenvalue weighted by molar-refractivity contribution is -0.136. The van der Waals surface area contributed by atoms with Gasteiger partial charge in [0.05, 0.1) is 11.8 Å². The highest BCUT2D eigenvalue weighted by Crippen LogP contribution is 2.35. The van der Waals surface area contributed by atoms with E-state index in [1.807, 2.05) is 0 Å². The maximum Gasteiger partial charge on any atom is 0.418 e. The predicted molar refractivity (Wildman–Crippen MR) is 69.9 cm³/mol. The van der Waals surface area contributed by atoms with Crippen molar-refractivity contribution in [1.82, 2.24) is 9.78 Å². The van der Waals surface area contributed by atoms with E-state index >= 15 is 0 Å². The summed E-state index contributed by atoms with van der Waals surface area (Å²) in [7, 11) is -2.63. The number of anilines is 2. The molecule has 0 aliphatic heterocycles. The first-order chi connectivity index (χ1) is 9.61. The third-order valence-corrected chi connectivity index (χ3v) is 4.12. The molecule has 1 aromatic heterocycles. The van der Waals surface area contributed by atoms with Crippen LogP contribution >= 0.6 is 0 Å². The smallest absolute Gasteiger partial charge is 0.398 e. The Morgan fingerprint density at radius 3 is 2.48 bits per heavy atom. The number of nitrogens with two attached hydrogens (primary N) is 1. The van der Waals surface area contributed by atoms with Crippen molar-refractivity contribution in [3.63, 3.8) is 0 Å². The third-order valence-electron chi connectivity index (χ3n) is 2.66. The van der Waals surface area contributed by atoms with Crippen molar-refractivity contribution in [2.75, 3.05) is 10.5 Å². The maximum atomic E-state index is 12.7. The van der Waals surface area contributed by atoms with Crippen LogP contribution in [-0.4, -0.2) is 18.2 Å². The molecule has 0 aliphatic carbocycles. The van der Waals surface area contributed by atoms with Crippen molar-refractivity contribution >= 4 is 21.4 Å². The number of nitrogens with zero attached hydrogens (tertiary/aromatic N) is 2. The number of alkyl halides is 3. The molecule has 0 saturated carbocycles. The van der Waals surface area contributed by atoms with E-state index in [0.29, 0.717) is 6.07 Å². The molecule has 0 atom stereocenters. The molecule has 10 heteroatoms. The van der Waals surface area contributed by atoms with Gasteiger partial charge in [-0.25, -0.2) is 0 Å². The lowest BCUT2D eigenvalue weighted by atomic mass is 10.1. The van der Waals surface area contributed by atoms with Crippen molar-refractivity contribution in [3.05, 3.63) is 36.0 Å². The molecule has 0 amide bonds. The normalized spacial score (nSPS) is 12.4. The molecule has 1 heterocycles. The van der Waals surface area contributed by atoms with Gasteiger partial charge in [0.25, 0.3) is 10.0 Å². The molecule has 0 fully saturated rings. The lowest BCUT2D eigenvalue weighted by Gasteiger charge is -2.13. The first-order valence-electron chi connectivity index (χ1n) is 5.59. The SMILES string of the molecule is Cn1nccc1S(=O)(=O)Nc1ccc(N)c(C(F)(F)F)c1. The summed E-state index contributed by atoms with van der Waals surface area (Å²) in [5.41, 5.74) is 3.42. The first kappa shape index (κ1) is 15.2. The van der Waals surface area contributed by atoms with Gasteiger partial charge < -0.3 is 5.73 Å². The van der Waals surface area contributed by atoms with Crippen molar-refractivity contribution < 1.29 is 21.6 Å². The number of nitrogen functional groups attached to an aromatic ring is 1. The van der Waals surface area contributed by atoms with E-state index in [-0.39, 0.29) is 10.7 Å². The highest BCUT2D eigenvalue weighted by atomic mass is 32.2. The number of sulfonamides is 1. The molecule has 3 N–H and O–H groups in total. The second-order valence-corrected chi connectivity index (χ2v) is 5.83.